The van der Waals surface area contributed by atoms with Crippen molar-refractivity contribution in [2.24, 2.45) is 5.92 Å². The van der Waals surface area contributed by atoms with Gasteiger partial charge in [0.15, 0.2) is 0 Å². The Kier molecular flexibility index (Phi) is 7.28. The van der Waals surface area contributed by atoms with Crippen LogP contribution in [-0.2, 0) is 6.42 Å². The number of rotatable bonds is 8. The van der Waals surface area contributed by atoms with E-state index in [4.69, 9.17) is 5.73 Å². The average molecular weight is 462 g/mol. The second-order valence-corrected chi connectivity index (χ2v) is 8.38. The number of amides is 2. The molecule has 0 bridgehead atoms. The number of aryl methyl sites for hydroxylation is 1. The Hall–Kier alpha value is -4.06. The van der Waals surface area contributed by atoms with Crippen LogP contribution in [0, 0.1) is 23.1 Å². The lowest BCUT2D eigenvalue weighted by molar-refractivity contribution is 0.239. The van der Waals surface area contributed by atoms with E-state index in [1.165, 1.54) is 12.1 Å². The number of halogens is 1. The van der Waals surface area contributed by atoms with E-state index in [2.05, 4.69) is 26.7 Å². The van der Waals surface area contributed by atoms with E-state index in [0.717, 1.165) is 30.9 Å². The van der Waals surface area contributed by atoms with Gasteiger partial charge < -0.3 is 21.3 Å². The normalized spacial score (nSPS) is 15.2. The van der Waals surface area contributed by atoms with Gasteiger partial charge in [-0.2, -0.15) is 10.4 Å². The van der Waals surface area contributed by atoms with E-state index < -0.39 is 0 Å². The van der Waals surface area contributed by atoms with Gasteiger partial charge in [-0.3, -0.25) is 0 Å². The van der Waals surface area contributed by atoms with Gasteiger partial charge in [-0.15, -0.1) is 0 Å². The van der Waals surface area contributed by atoms with Gasteiger partial charge in [0.1, 0.15) is 23.3 Å². The molecule has 1 aromatic heterocycles. The predicted octanol–water partition coefficient (Wildman–Crippen LogP) is 3.22. The summed E-state index contributed by atoms with van der Waals surface area (Å²) in [6, 6.07) is 17.9. The smallest absolute Gasteiger partial charge is 0.314 e. The number of nitriles is 1. The number of anilines is 2. The van der Waals surface area contributed by atoms with Crippen molar-refractivity contribution in [3.05, 3.63) is 71.7 Å². The Morgan fingerprint density at radius 1 is 1.15 bits per heavy atom. The summed E-state index contributed by atoms with van der Waals surface area (Å²) in [7, 11) is 0. The fourth-order valence-corrected chi connectivity index (χ4v) is 4.18. The van der Waals surface area contributed by atoms with Crippen molar-refractivity contribution < 1.29 is 9.18 Å². The van der Waals surface area contributed by atoms with Crippen molar-refractivity contribution in [1.29, 1.82) is 5.26 Å². The molecular formula is C25H28FN7O. The van der Waals surface area contributed by atoms with E-state index in [1.54, 1.807) is 16.8 Å². The van der Waals surface area contributed by atoms with E-state index in [0.29, 0.717) is 48.9 Å². The third-order valence-electron chi connectivity index (χ3n) is 6.01. The van der Waals surface area contributed by atoms with E-state index in [9.17, 15) is 14.4 Å². The van der Waals surface area contributed by atoms with Crippen LogP contribution in [-0.4, -0.2) is 42.0 Å². The molecule has 8 nitrogen and oxygen atoms in total. The summed E-state index contributed by atoms with van der Waals surface area (Å²) >= 11 is 0. The molecule has 1 aliphatic heterocycles. The molecule has 34 heavy (non-hydrogen) atoms. The average Bonchev–Trinajstić information content (AvgIpc) is 3.46. The fourth-order valence-electron chi connectivity index (χ4n) is 4.18. The number of nitrogens with one attached hydrogen (secondary N) is 2. The number of nitrogens with zero attached hydrogens (tertiary/aromatic N) is 4. The summed E-state index contributed by atoms with van der Waals surface area (Å²) in [4.78, 5) is 14.4. The predicted molar refractivity (Wildman–Crippen MR) is 129 cm³/mol. The van der Waals surface area contributed by atoms with Gasteiger partial charge in [0.25, 0.3) is 0 Å². The zero-order valence-electron chi connectivity index (χ0n) is 18.9. The lowest BCUT2D eigenvalue weighted by Gasteiger charge is -2.19. The fraction of sp³-hybridized carbons (Fsp3) is 0.320. The summed E-state index contributed by atoms with van der Waals surface area (Å²) in [5, 5.41) is 19.8. The molecule has 1 atom stereocenters. The number of nitrogen functional groups attached to an aromatic ring is 1. The van der Waals surface area contributed by atoms with E-state index in [1.807, 2.05) is 30.3 Å². The van der Waals surface area contributed by atoms with Crippen LogP contribution in [0.3, 0.4) is 0 Å². The summed E-state index contributed by atoms with van der Waals surface area (Å²) < 4.78 is 14.7. The molecule has 0 aliphatic carbocycles. The number of benzene rings is 2. The van der Waals surface area contributed by atoms with Crippen LogP contribution in [0.25, 0.3) is 5.69 Å². The van der Waals surface area contributed by atoms with Gasteiger partial charge in [0.2, 0.25) is 0 Å². The van der Waals surface area contributed by atoms with Crippen LogP contribution in [0.1, 0.15) is 24.1 Å². The molecule has 176 valence electrons. The molecule has 0 spiro atoms. The Balaban J connectivity index is 1.19. The second-order valence-electron chi connectivity index (χ2n) is 8.38. The first-order valence-electron chi connectivity index (χ1n) is 11.4. The van der Waals surface area contributed by atoms with Crippen LogP contribution in [0.5, 0.6) is 0 Å². The first kappa shape index (κ1) is 23.1. The highest BCUT2D eigenvalue weighted by atomic mass is 19.1. The molecule has 0 radical (unpaired) electrons. The maximum Gasteiger partial charge on any atom is 0.314 e. The third-order valence-corrected chi connectivity index (χ3v) is 6.01. The molecule has 4 N–H and O–H groups in total. The number of hydrogen-bond donors (Lipinski definition) is 3. The Labute approximate surface area is 198 Å². The molecule has 1 fully saturated rings. The maximum absolute atomic E-state index is 13.1. The van der Waals surface area contributed by atoms with E-state index >= 15 is 0 Å². The highest BCUT2D eigenvalue weighted by molar-refractivity contribution is 5.73. The van der Waals surface area contributed by atoms with Crippen LogP contribution < -0.4 is 21.3 Å². The molecule has 2 heterocycles. The van der Waals surface area contributed by atoms with Crippen molar-refractivity contribution in [1.82, 2.24) is 20.4 Å². The Morgan fingerprint density at radius 2 is 1.91 bits per heavy atom. The summed E-state index contributed by atoms with van der Waals surface area (Å²) in [6.07, 6.45) is 2.14. The highest BCUT2D eigenvalue weighted by Gasteiger charge is 2.23. The number of aromatic nitrogens is 2. The Bertz CT molecular complexity index is 1150. The summed E-state index contributed by atoms with van der Waals surface area (Å²) in [5.74, 6) is 0.425. The summed E-state index contributed by atoms with van der Waals surface area (Å²) in [5.41, 5.74) is 8.93. The standard InChI is InChI=1S/C25H28FN7O/c26-19-8-10-20(11-9-19)32-14-12-18(17-32)16-30-25(34)29-13-4-7-23-22(15-27)24(28)33(31-23)21-5-2-1-3-6-21/h1-3,5-6,8-11,18H,4,7,12-14,16-17,28H2,(H2,29,30,34). The zero-order valence-corrected chi connectivity index (χ0v) is 18.9. The molecule has 2 amide bonds. The second kappa shape index (κ2) is 10.7. The van der Waals surface area contributed by atoms with Crippen molar-refractivity contribution in [2.75, 3.05) is 36.8 Å². The molecule has 1 aliphatic rings. The molecule has 1 unspecified atom stereocenters. The van der Waals surface area contributed by atoms with Crippen LogP contribution in [0.2, 0.25) is 0 Å². The number of carbonyl (C=O) groups excluding carboxylic acids is 1. The SMILES string of the molecule is N#Cc1c(CCCNC(=O)NCC2CCN(c3ccc(F)cc3)C2)nn(-c2ccccc2)c1N. The topological polar surface area (TPSA) is 112 Å². The lowest BCUT2D eigenvalue weighted by atomic mass is 10.1. The van der Waals surface area contributed by atoms with Gasteiger partial charge in [0, 0.05) is 31.9 Å². The monoisotopic (exact) mass is 461 g/mol. The minimum atomic E-state index is -0.241. The number of urea groups is 1. The molecule has 0 saturated carbocycles. The number of nitrogens with two attached hydrogens (primary N) is 1. The third kappa shape index (κ3) is 5.46. The number of hydrogen-bond acceptors (Lipinski definition) is 5. The molecule has 4 rings (SSSR count). The molecule has 1 saturated heterocycles. The van der Waals surface area contributed by atoms with Crippen LogP contribution in [0.4, 0.5) is 20.7 Å². The minimum absolute atomic E-state index is 0.213. The minimum Gasteiger partial charge on any atom is -0.382 e. The van der Waals surface area contributed by atoms with Crippen molar-refractivity contribution >= 4 is 17.5 Å². The maximum atomic E-state index is 13.1. The van der Waals surface area contributed by atoms with Gasteiger partial charge in [-0.05, 0) is 61.6 Å². The zero-order chi connectivity index (χ0) is 23.9. The largest absolute Gasteiger partial charge is 0.382 e. The molecule has 2 aromatic carbocycles. The van der Waals surface area contributed by atoms with Crippen LogP contribution >= 0.6 is 0 Å². The van der Waals surface area contributed by atoms with E-state index in [-0.39, 0.29) is 11.8 Å². The van der Waals surface area contributed by atoms with Crippen molar-refractivity contribution in [3.63, 3.8) is 0 Å². The molecule has 3 aromatic rings. The van der Waals surface area contributed by atoms with Gasteiger partial charge in [-0.1, -0.05) is 18.2 Å². The number of para-hydroxylation sites is 1. The molecular weight excluding hydrogens is 433 g/mol. The first-order chi connectivity index (χ1) is 16.5. The highest BCUT2D eigenvalue weighted by Crippen LogP contribution is 2.24. The molecule has 9 heteroatoms. The lowest BCUT2D eigenvalue weighted by Crippen LogP contribution is -2.39. The van der Waals surface area contributed by atoms with Gasteiger partial charge >= 0.3 is 6.03 Å². The van der Waals surface area contributed by atoms with Crippen molar-refractivity contribution in [3.8, 4) is 11.8 Å². The summed E-state index contributed by atoms with van der Waals surface area (Å²) in [6.45, 7) is 2.76. The Morgan fingerprint density at radius 3 is 2.65 bits per heavy atom. The first-order valence-corrected chi connectivity index (χ1v) is 11.4. The number of carbonyl (C=O) groups is 1. The van der Waals surface area contributed by atoms with Gasteiger partial charge in [0.05, 0.1) is 11.4 Å². The van der Waals surface area contributed by atoms with Gasteiger partial charge in [-0.25, -0.2) is 13.9 Å². The van der Waals surface area contributed by atoms with Crippen molar-refractivity contribution in [2.45, 2.75) is 19.3 Å². The van der Waals surface area contributed by atoms with Crippen LogP contribution in [0.15, 0.2) is 54.6 Å². The quantitative estimate of drug-likeness (QED) is 0.446.